The third kappa shape index (κ3) is 2.59. The third-order valence-corrected chi connectivity index (χ3v) is 7.62. The molecule has 7 heteroatoms. The molecular formula is C15H25N3O3S. The minimum atomic E-state index is -3.00. The van der Waals surface area contributed by atoms with Gasteiger partial charge in [0.2, 0.25) is 0 Å². The lowest BCUT2D eigenvalue weighted by Gasteiger charge is -2.50. The summed E-state index contributed by atoms with van der Waals surface area (Å²) in [5.74, 6) is 0.457. The molecule has 0 aliphatic carbocycles. The smallest absolute Gasteiger partial charge is 0.158 e. The highest BCUT2D eigenvalue weighted by molar-refractivity contribution is 7.93. The van der Waals surface area contributed by atoms with Gasteiger partial charge in [0, 0.05) is 50.5 Å². The monoisotopic (exact) mass is 327 g/mol. The molecule has 2 aliphatic rings. The summed E-state index contributed by atoms with van der Waals surface area (Å²) in [6.07, 6.45) is 4.64. The van der Waals surface area contributed by atoms with Crippen LogP contribution in [0, 0.1) is 5.92 Å². The number of sulfone groups is 1. The van der Waals surface area contributed by atoms with Gasteiger partial charge in [0.05, 0.1) is 18.6 Å². The van der Waals surface area contributed by atoms with E-state index in [0.29, 0.717) is 32.1 Å². The van der Waals surface area contributed by atoms with E-state index < -0.39 is 14.6 Å². The Balaban J connectivity index is 1.65. The van der Waals surface area contributed by atoms with Crippen molar-refractivity contribution in [3.63, 3.8) is 0 Å². The summed E-state index contributed by atoms with van der Waals surface area (Å²) >= 11 is 0. The maximum absolute atomic E-state index is 12.5. The topological polar surface area (TPSA) is 64.4 Å². The molecule has 0 saturated carbocycles. The Kier molecular flexibility index (Phi) is 4.31. The summed E-state index contributed by atoms with van der Waals surface area (Å²) in [4.78, 5) is 2.21. The van der Waals surface area contributed by atoms with E-state index in [9.17, 15) is 8.42 Å². The first kappa shape index (κ1) is 16.0. The summed E-state index contributed by atoms with van der Waals surface area (Å²) in [6.45, 7) is 8.11. The lowest BCUT2D eigenvalue weighted by molar-refractivity contribution is 0.0292. The summed E-state index contributed by atoms with van der Waals surface area (Å²) in [7, 11) is -3.00. The number of hydrogen-bond acceptors (Lipinski definition) is 5. The number of aryl methyl sites for hydroxylation is 1. The van der Waals surface area contributed by atoms with Crippen molar-refractivity contribution in [1.82, 2.24) is 14.7 Å². The van der Waals surface area contributed by atoms with Crippen molar-refractivity contribution in [2.24, 2.45) is 5.92 Å². The van der Waals surface area contributed by atoms with Gasteiger partial charge < -0.3 is 4.74 Å². The first-order valence-electron chi connectivity index (χ1n) is 8.04. The first-order chi connectivity index (χ1) is 10.5. The lowest BCUT2D eigenvalue weighted by Crippen LogP contribution is -2.67. The maximum atomic E-state index is 12.5. The summed E-state index contributed by atoms with van der Waals surface area (Å²) in [5.41, 5.74) is 1.15. The number of ether oxygens (including phenoxy) is 1. The van der Waals surface area contributed by atoms with Gasteiger partial charge in [-0.15, -0.1) is 0 Å². The highest BCUT2D eigenvalue weighted by atomic mass is 32.2. The summed E-state index contributed by atoms with van der Waals surface area (Å²) in [5, 5.41) is 4.27. The zero-order valence-electron chi connectivity index (χ0n) is 13.4. The van der Waals surface area contributed by atoms with Gasteiger partial charge in [0.15, 0.2) is 9.84 Å². The van der Waals surface area contributed by atoms with Crippen LogP contribution < -0.4 is 0 Å². The van der Waals surface area contributed by atoms with Crippen LogP contribution in [0.3, 0.4) is 0 Å². The van der Waals surface area contributed by atoms with Gasteiger partial charge in [-0.3, -0.25) is 9.58 Å². The van der Waals surface area contributed by atoms with Crippen LogP contribution in [0.1, 0.15) is 25.8 Å². The molecule has 2 fully saturated rings. The van der Waals surface area contributed by atoms with Crippen LogP contribution in [0.25, 0.3) is 0 Å². The molecule has 1 aromatic rings. The second-order valence-electron chi connectivity index (χ2n) is 6.38. The molecule has 0 N–H and O–H groups in total. The van der Waals surface area contributed by atoms with Crippen molar-refractivity contribution in [3.8, 4) is 0 Å². The molecule has 22 heavy (non-hydrogen) atoms. The van der Waals surface area contributed by atoms with Gasteiger partial charge in [-0.2, -0.15) is 5.10 Å². The van der Waals surface area contributed by atoms with Crippen molar-refractivity contribution in [2.45, 2.75) is 38.1 Å². The average Bonchev–Trinajstić information content (AvgIpc) is 3.00. The maximum Gasteiger partial charge on any atom is 0.158 e. The van der Waals surface area contributed by atoms with Crippen molar-refractivity contribution in [1.29, 1.82) is 0 Å². The van der Waals surface area contributed by atoms with Crippen molar-refractivity contribution >= 4 is 9.84 Å². The second-order valence-corrected chi connectivity index (χ2v) is 8.83. The van der Waals surface area contributed by atoms with Gasteiger partial charge in [0.25, 0.3) is 0 Å². The Morgan fingerprint density at radius 1 is 1.41 bits per heavy atom. The zero-order valence-corrected chi connectivity index (χ0v) is 14.2. The second kappa shape index (κ2) is 5.94. The van der Waals surface area contributed by atoms with Crippen LogP contribution >= 0.6 is 0 Å². The molecule has 3 heterocycles. The van der Waals surface area contributed by atoms with Crippen LogP contribution in [0.4, 0.5) is 0 Å². The third-order valence-electron chi connectivity index (χ3n) is 5.02. The minimum Gasteiger partial charge on any atom is -0.381 e. The van der Waals surface area contributed by atoms with Crippen LogP contribution in [0.5, 0.6) is 0 Å². The standard InChI is InChI=1S/C15H25N3O3S/c1-3-18-9-13(7-16-18)8-17-11-15(12-17)14(10-21-4-2)5-6-22(15,19)20/h7,9,14H,3-6,8,10-12H2,1-2H3/t14-/m1/s1. The molecule has 1 aromatic heterocycles. The van der Waals surface area contributed by atoms with Crippen molar-refractivity contribution in [2.75, 3.05) is 32.1 Å². The Bertz CT molecular complexity index is 620. The Hall–Kier alpha value is -0.920. The lowest BCUT2D eigenvalue weighted by atomic mass is 9.83. The largest absolute Gasteiger partial charge is 0.381 e. The number of aromatic nitrogens is 2. The Labute approximate surface area is 132 Å². The molecule has 6 nitrogen and oxygen atoms in total. The SMILES string of the molecule is CCOC[C@H]1CCS(=O)(=O)C12CN(Cc1cnn(CC)c1)C2. The minimum absolute atomic E-state index is 0.145. The molecule has 0 aromatic carbocycles. The van der Waals surface area contributed by atoms with Gasteiger partial charge in [0.1, 0.15) is 4.75 Å². The molecule has 0 radical (unpaired) electrons. The van der Waals surface area contributed by atoms with Crippen LogP contribution in [-0.2, 0) is 27.7 Å². The van der Waals surface area contributed by atoms with E-state index in [-0.39, 0.29) is 5.92 Å². The molecule has 2 saturated heterocycles. The molecule has 3 rings (SSSR count). The van der Waals surface area contributed by atoms with Gasteiger partial charge >= 0.3 is 0 Å². The van der Waals surface area contributed by atoms with Gasteiger partial charge in [-0.1, -0.05) is 0 Å². The van der Waals surface area contributed by atoms with E-state index in [4.69, 9.17) is 4.74 Å². The normalized spacial score (nSPS) is 26.4. The molecule has 1 atom stereocenters. The van der Waals surface area contributed by atoms with Crippen LogP contribution in [-0.4, -0.2) is 59.9 Å². The van der Waals surface area contributed by atoms with E-state index in [1.165, 1.54) is 0 Å². The summed E-state index contributed by atoms with van der Waals surface area (Å²) in [6, 6.07) is 0. The first-order valence-corrected chi connectivity index (χ1v) is 9.69. The quantitative estimate of drug-likeness (QED) is 0.778. The fourth-order valence-electron chi connectivity index (χ4n) is 3.71. The molecule has 0 unspecified atom stereocenters. The number of nitrogens with zero attached hydrogens (tertiary/aromatic N) is 3. The highest BCUT2D eigenvalue weighted by Crippen LogP contribution is 2.45. The zero-order chi connectivity index (χ0) is 15.8. The Morgan fingerprint density at radius 3 is 2.82 bits per heavy atom. The number of rotatable bonds is 6. The molecular weight excluding hydrogens is 302 g/mol. The van der Waals surface area contributed by atoms with E-state index in [1.807, 2.05) is 24.0 Å². The van der Waals surface area contributed by atoms with E-state index in [2.05, 4.69) is 16.9 Å². The fourth-order valence-corrected chi connectivity index (χ4v) is 6.16. The molecule has 124 valence electrons. The van der Waals surface area contributed by atoms with Crippen LogP contribution in [0.15, 0.2) is 12.4 Å². The molecule has 0 bridgehead atoms. The van der Waals surface area contributed by atoms with E-state index in [1.54, 1.807) is 0 Å². The van der Waals surface area contributed by atoms with Crippen LogP contribution in [0.2, 0.25) is 0 Å². The molecule has 2 aliphatic heterocycles. The molecule has 0 amide bonds. The average molecular weight is 327 g/mol. The number of hydrogen-bond donors (Lipinski definition) is 0. The Morgan fingerprint density at radius 2 is 2.18 bits per heavy atom. The highest BCUT2D eigenvalue weighted by Gasteiger charge is 2.61. The number of likely N-dealkylation sites (tertiary alicyclic amines) is 1. The summed E-state index contributed by atoms with van der Waals surface area (Å²) < 4.78 is 31.8. The van der Waals surface area contributed by atoms with Gasteiger partial charge in [-0.25, -0.2) is 8.42 Å². The van der Waals surface area contributed by atoms with Crippen molar-refractivity contribution in [3.05, 3.63) is 18.0 Å². The van der Waals surface area contributed by atoms with Gasteiger partial charge in [-0.05, 0) is 20.3 Å². The predicted molar refractivity (Wildman–Crippen MR) is 84.3 cm³/mol. The molecule has 1 spiro atoms. The van der Waals surface area contributed by atoms with E-state index >= 15 is 0 Å². The van der Waals surface area contributed by atoms with Crippen molar-refractivity contribution < 1.29 is 13.2 Å². The predicted octanol–water partition coefficient (Wildman–Crippen LogP) is 0.929. The van der Waals surface area contributed by atoms with E-state index in [0.717, 1.165) is 25.1 Å². The fraction of sp³-hybridized carbons (Fsp3) is 0.800.